The van der Waals surface area contributed by atoms with Crippen LogP contribution >= 0.6 is 0 Å². The summed E-state index contributed by atoms with van der Waals surface area (Å²) in [5.74, 6) is 1.57. The molecule has 196 valence electrons. The van der Waals surface area contributed by atoms with Gasteiger partial charge in [0.25, 0.3) is 0 Å². The van der Waals surface area contributed by atoms with Crippen LogP contribution in [-0.2, 0) is 9.59 Å². The Hall–Kier alpha value is -4.07. The lowest BCUT2D eigenvalue weighted by Gasteiger charge is -2.25. The molecule has 1 aliphatic heterocycles. The van der Waals surface area contributed by atoms with E-state index >= 15 is 0 Å². The molecule has 0 saturated carbocycles. The van der Waals surface area contributed by atoms with Crippen LogP contribution in [0.3, 0.4) is 0 Å². The van der Waals surface area contributed by atoms with Gasteiger partial charge in [-0.3, -0.25) is 9.59 Å². The van der Waals surface area contributed by atoms with E-state index in [-0.39, 0.29) is 30.5 Å². The van der Waals surface area contributed by atoms with Crippen molar-refractivity contribution in [1.29, 1.82) is 0 Å². The average Bonchev–Trinajstić information content (AvgIpc) is 2.94. The fraction of sp³-hybridized carbons (Fsp3) is 0.345. The lowest BCUT2D eigenvalue weighted by Crippen LogP contribution is -2.37. The Balaban J connectivity index is 1.51. The summed E-state index contributed by atoms with van der Waals surface area (Å²) in [6, 6.07) is 10.4. The zero-order chi connectivity index (χ0) is 26.6. The molecule has 1 heterocycles. The summed E-state index contributed by atoms with van der Waals surface area (Å²) in [5.41, 5.74) is 1.50. The van der Waals surface area contributed by atoms with E-state index in [2.05, 4.69) is 0 Å². The second-order valence-electron chi connectivity index (χ2n) is 8.54. The molecular formula is C29H33NO7. The number of rotatable bonds is 11. The fourth-order valence-corrected chi connectivity index (χ4v) is 3.86. The van der Waals surface area contributed by atoms with Crippen molar-refractivity contribution >= 4 is 29.8 Å². The Labute approximate surface area is 217 Å². The van der Waals surface area contributed by atoms with Crippen LogP contribution in [0, 0.1) is 0 Å². The van der Waals surface area contributed by atoms with Crippen molar-refractivity contribution in [1.82, 2.24) is 4.90 Å². The molecule has 2 aromatic carbocycles. The molecule has 3 rings (SSSR count). The standard InChI is InChI=1S/C29H33NO7/c1-34-25-15-9-21(19-27(25)35-2)7-11-23(31)13-14-24(32)12-8-22-10-16-26(28(20-22)36-3)37-29(33)30-17-5-4-6-18-30/h7-12,15-16,19-20H,4-6,13-14,17-18H2,1-3H3. The van der Waals surface area contributed by atoms with Gasteiger partial charge in [0.1, 0.15) is 0 Å². The molecule has 0 atom stereocenters. The van der Waals surface area contributed by atoms with Crippen LogP contribution in [0.4, 0.5) is 4.79 Å². The van der Waals surface area contributed by atoms with Crippen LogP contribution in [-0.4, -0.2) is 57.0 Å². The number of amides is 1. The third kappa shape index (κ3) is 8.24. The molecular weight excluding hydrogens is 474 g/mol. The van der Waals surface area contributed by atoms with E-state index in [9.17, 15) is 14.4 Å². The summed E-state index contributed by atoms with van der Waals surface area (Å²) in [5, 5.41) is 0. The molecule has 0 bridgehead atoms. The number of piperidine rings is 1. The number of allylic oxidation sites excluding steroid dienone is 2. The van der Waals surface area contributed by atoms with Crippen LogP contribution in [0.1, 0.15) is 43.2 Å². The summed E-state index contributed by atoms with van der Waals surface area (Å²) in [6.45, 7) is 1.39. The number of ketones is 2. The molecule has 0 aliphatic carbocycles. The minimum Gasteiger partial charge on any atom is -0.493 e. The molecule has 1 amide bonds. The molecule has 0 unspecified atom stereocenters. The van der Waals surface area contributed by atoms with Crippen LogP contribution in [0.2, 0.25) is 0 Å². The first-order chi connectivity index (χ1) is 17.9. The van der Waals surface area contributed by atoms with Gasteiger partial charge >= 0.3 is 6.09 Å². The molecule has 8 heteroatoms. The van der Waals surface area contributed by atoms with Crippen molar-refractivity contribution in [2.75, 3.05) is 34.4 Å². The van der Waals surface area contributed by atoms with Gasteiger partial charge in [-0.05, 0) is 66.8 Å². The highest BCUT2D eigenvalue weighted by molar-refractivity contribution is 5.99. The summed E-state index contributed by atoms with van der Waals surface area (Å²) >= 11 is 0. The Morgan fingerprint density at radius 2 is 1.19 bits per heavy atom. The normalized spacial score (nSPS) is 13.5. The van der Waals surface area contributed by atoms with Crippen molar-refractivity contribution in [3.63, 3.8) is 0 Å². The molecule has 1 fully saturated rings. The molecule has 0 aromatic heterocycles. The predicted octanol–water partition coefficient (Wildman–Crippen LogP) is 5.34. The van der Waals surface area contributed by atoms with Crippen molar-refractivity contribution in [2.24, 2.45) is 0 Å². The Kier molecular flexibility index (Phi) is 10.3. The van der Waals surface area contributed by atoms with Gasteiger partial charge in [0, 0.05) is 25.9 Å². The number of nitrogens with zero attached hydrogens (tertiary/aromatic N) is 1. The molecule has 8 nitrogen and oxygen atoms in total. The van der Waals surface area contributed by atoms with E-state index in [0.717, 1.165) is 24.8 Å². The Morgan fingerprint density at radius 3 is 1.70 bits per heavy atom. The van der Waals surface area contributed by atoms with Gasteiger partial charge in [0.15, 0.2) is 34.6 Å². The number of carbonyl (C=O) groups excluding carboxylic acids is 3. The fourth-order valence-electron chi connectivity index (χ4n) is 3.86. The van der Waals surface area contributed by atoms with Crippen LogP contribution in [0.5, 0.6) is 23.0 Å². The summed E-state index contributed by atoms with van der Waals surface area (Å²) in [6.07, 6.45) is 9.08. The number of hydrogen-bond acceptors (Lipinski definition) is 7. The van der Waals surface area contributed by atoms with E-state index in [1.165, 1.54) is 19.3 Å². The highest BCUT2D eigenvalue weighted by atomic mass is 16.6. The molecule has 0 radical (unpaired) electrons. The molecule has 0 spiro atoms. The van der Waals surface area contributed by atoms with Crippen molar-refractivity contribution < 1.29 is 33.3 Å². The third-order valence-corrected chi connectivity index (χ3v) is 5.95. The monoisotopic (exact) mass is 507 g/mol. The average molecular weight is 508 g/mol. The van der Waals surface area contributed by atoms with Gasteiger partial charge in [0.05, 0.1) is 21.3 Å². The molecule has 1 aliphatic rings. The summed E-state index contributed by atoms with van der Waals surface area (Å²) in [4.78, 5) is 38.6. The smallest absolute Gasteiger partial charge is 0.415 e. The van der Waals surface area contributed by atoms with E-state index in [1.54, 1.807) is 61.6 Å². The highest BCUT2D eigenvalue weighted by Crippen LogP contribution is 2.30. The van der Waals surface area contributed by atoms with Crippen molar-refractivity contribution in [3.05, 3.63) is 59.7 Å². The second-order valence-corrected chi connectivity index (χ2v) is 8.54. The first kappa shape index (κ1) is 27.5. The minimum absolute atomic E-state index is 0.0915. The van der Waals surface area contributed by atoms with Crippen molar-refractivity contribution in [3.8, 4) is 23.0 Å². The van der Waals surface area contributed by atoms with Crippen LogP contribution in [0.15, 0.2) is 48.6 Å². The van der Waals surface area contributed by atoms with E-state index in [4.69, 9.17) is 18.9 Å². The number of hydrogen-bond donors (Lipinski definition) is 0. The lowest BCUT2D eigenvalue weighted by molar-refractivity contribution is -0.119. The quantitative estimate of drug-likeness (QED) is 0.379. The first-order valence-electron chi connectivity index (χ1n) is 12.2. The summed E-state index contributed by atoms with van der Waals surface area (Å²) < 4.78 is 21.3. The van der Waals surface area contributed by atoms with Gasteiger partial charge in [-0.15, -0.1) is 0 Å². The van der Waals surface area contributed by atoms with E-state index < -0.39 is 0 Å². The number of likely N-dealkylation sites (tertiary alicyclic amines) is 1. The summed E-state index contributed by atoms with van der Waals surface area (Å²) in [7, 11) is 4.60. The SMILES string of the molecule is COc1ccc(C=CC(=O)CCC(=O)C=Cc2ccc(OC(=O)N3CCCCC3)c(OC)c2)cc1OC. The first-order valence-corrected chi connectivity index (χ1v) is 12.2. The Morgan fingerprint density at radius 1 is 0.703 bits per heavy atom. The maximum absolute atomic E-state index is 12.4. The number of methoxy groups -OCH3 is 3. The zero-order valence-corrected chi connectivity index (χ0v) is 21.5. The molecule has 2 aromatic rings. The van der Waals surface area contributed by atoms with Gasteiger partial charge in [-0.25, -0.2) is 4.79 Å². The van der Waals surface area contributed by atoms with Crippen molar-refractivity contribution in [2.45, 2.75) is 32.1 Å². The van der Waals surface area contributed by atoms with Gasteiger partial charge in [-0.1, -0.05) is 24.3 Å². The maximum Gasteiger partial charge on any atom is 0.415 e. The van der Waals surface area contributed by atoms with E-state index in [0.29, 0.717) is 41.7 Å². The molecule has 37 heavy (non-hydrogen) atoms. The van der Waals surface area contributed by atoms with Gasteiger partial charge < -0.3 is 23.8 Å². The van der Waals surface area contributed by atoms with Gasteiger partial charge in [-0.2, -0.15) is 0 Å². The number of benzene rings is 2. The number of carbonyl (C=O) groups is 3. The predicted molar refractivity (Wildman–Crippen MR) is 141 cm³/mol. The minimum atomic E-state index is -0.388. The number of ether oxygens (including phenoxy) is 4. The van der Waals surface area contributed by atoms with E-state index in [1.807, 2.05) is 6.07 Å². The molecule has 1 saturated heterocycles. The third-order valence-electron chi connectivity index (χ3n) is 5.95. The molecule has 0 N–H and O–H groups in total. The lowest BCUT2D eigenvalue weighted by atomic mass is 10.1. The highest BCUT2D eigenvalue weighted by Gasteiger charge is 2.20. The second kappa shape index (κ2) is 13.9. The van der Waals surface area contributed by atoms with Crippen LogP contribution < -0.4 is 18.9 Å². The zero-order valence-electron chi connectivity index (χ0n) is 21.5. The van der Waals surface area contributed by atoms with Crippen LogP contribution in [0.25, 0.3) is 12.2 Å². The van der Waals surface area contributed by atoms with Gasteiger partial charge in [0.2, 0.25) is 0 Å². The topological polar surface area (TPSA) is 91.4 Å². The Bertz CT molecular complexity index is 1160. The largest absolute Gasteiger partial charge is 0.493 e. The maximum atomic E-state index is 12.4.